The van der Waals surface area contributed by atoms with Crippen molar-refractivity contribution in [2.75, 3.05) is 29.7 Å². The number of rotatable bonds is 7. The van der Waals surface area contributed by atoms with E-state index in [-0.39, 0.29) is 22.8 Å². The average molecular weight is 498 g/mol. The van der Waals surface area contributed by atoms with E-state index in [4.69, 9.17) is 0 Å². The lowest BCUT2D eigenvalue weighted by Gasteiger charge is -2.12. The Hall–Kier alpha value is -4.13. The Morgan fingerprint density at radius 2 is 1.78 bits per heavy atom. The third-order valence-corrected chi connectivity index (χ3v) is 4.81. The fourth-order valence-corrected chi connectivity index (χ4v) is 3.05. The molecule has 0 aliphatic heterocycles. The molecule has 2 N–H and O–H groups in total. The molecule has 0 saturated carbocycles. The molecule has 0 atom stereocenters. The predicted octanol–water partition coefficient (Wildman–Crippen LogP) is 3.94. The summed E-state index contributed by atoms with van der Waals surface area (Å²) < 4.78 is 5.62. The van der Waals surface area contributed by atoms with Crippen LogP contribution in [0.5, 0.6) is 0 Å². The van der Waals surface area contributed by atoms with E-state index < -0.39 is 4.92 Å². The highest BCUT2D eigenvalue weighted by Gasteiger charge is 2.16. The number of hydrogen-bond acceptors (Lipinski definition) is 11. The van der Waals surface area contributed by atoms with Gasteiger partial charge in [-0.1, -0.05) is 22.0 Å². The molecule has 13 heteroatoms. The lowest BCUT2D eigenvalue weighted by atomic mass is 10.2. The van der Waals surface area contributed by atoms with Gasteiger partial charge in [-0.15, -0.1) is 0 Å². The van der Waals surface area contributed by atoms with E-state index in [0.717, 1.165) is 10.2 Å². The number of nitrogens with one attached hydrogen (secondary N) is 2. The van der Waals surface area contributed by atoms with Gasteiger partial charge < -0.3 is 10.2 Å². The van der Waals surface area contributed by atoms with Gasteiger partial charge in [0.05, 0.1) is 11.1 Å². The van der Waals surface area contributed by atoms with Crippen molar-refractivity contribution in [3.05, 3.63) is 62.6 Å². The molecule has 0 spiro atoms. The standard InChI is InChI=1S/C19H16BrN9O3/c1-28(2)14-8-3-11(9-15(14)29(30)31)10-21-25-17-16(22-13-6-4-12(20)5-7-13)23-18-19(24-17)27-32-26-18/h3-10H,1-2H3,(H,22,23,26)(H,24,25,27). The van der Waals surface area contributed by atoms with Crippen LogP contribution in [0.2, 0.25) is 0 Å². The molecule has 0 bridgehead atoms. The normalized spacial score (nSPS) is 11.1. The number of aromatic nitrogens is 4. The first kappa shape index (κ1) is 21.1. The molecule has 162 valence electrons. The molecular formula is C19H16BrN9O3. The van der Waals surface area contributed by atoms with Gasteiger partial charge >= 0.3 is 0 Å². The lowest BCUT2D eigenvalue weighted by molar-refractivity contribution is -0.384. The van der Waals surface area contributed by atoms with Gasteiger partial charge in [-0.3, -0.25) is 15.5 Å². The van der Waals surface area contributed by atoms with Crippen LogP contribution in [0.25, 0.3) is 11.3 Å². The van der Waals surface area contributed by atoms with Crippen LogP contribution in [0.15, 0.2) is 56.7 Å². The van der Waals surface area contributed by atoms with Gasteiger partial charge in [0.2, 0.25) is 11.3 Å². The van der Waals surface area contributed by atoms with E-state index in [9.17, 15) is 10.1 Å². The number of nitrogens with zero attached hydrogens (tertiary/aromatic N) is 7. The number of fused-ring (bicyclic) bond motifs is 1. The molecule has 32 heavy (non-hydrogen) atoms. The molecule has 4 aromatic rings. The summed E-state index contributed by atoms with van der Waals surface area (Å²) in [4.78, 5) is 21.3. The molecule has 0 saturated heterocycles. The molecule has 0 amide bonds. The lowest BCUT2D eigenvalue weighted by Crippen LogP contribution is -2.11. The zero-order valence-electron chi connectivity index (χ0n) is 16.9. The molecule has 0 aliphatic carbocycles. The molecule has 12 nitrogen and oxygen atoms in total. The molecule has 0 fully saturated rings. The molecule has 2 heterocycles. The minimum absolute atomic E-state index is 0.0218. The van der Waals surface area contributed by atoms with Crippen molar-refractivity contribution >= 4 is 62.1 Å². The number of nitro groups is 1. The second-order valence-electron chi connectivity index (χ2n) is 6.73. The Morgan fingerprint density at radius 3 is 2.44 bits per heavy atom. The van der Waals surface area contributed by atoms with Crippen molar-refractivity contribution in [3.63, 3.8) is 0 Å². The van der Waals surface area contributed by atoms with E-state index in [0.29, 0.717) is 17.1 Å². The summed E-state index contributed by atoms with van der Waals surface area (Å²) >= 11 is 3.39. The topological polar surface area (TPSA) is 148 Å². The largest absolute Gasteiger partial charge is 0.372 e. The van der Waals surface area contributed by atoms with Gasteiger partial charge in [0.1, 0.15) is 5.69 Å². The van der Waals surface area contributed by atoms with Crippen LogP contribution in [-0.4, -0.2) is 45.5 Å². The van der Waals surface area contributed by atoms with E-state index in [1.807, 2.05) is 24.3 Å². The Morgan fingerprint density at radius 1 is 1.09 bits per heavy atom. The zero-order chi connectivity index (χ0) is 22.7. The van der Waals surface area contributed by atoms with Gasteiger partial charge in [-0.25, -0.2) is 9.61 Å². The van der Waals surface area contributed by atoms with Crippen LogP contribution < -0.4 is 15.6 Å². The van der Waals surface area contributed by atoms with Crippen LogP contribution in [0, 0.1) is 10.1 Å². The highest BCUT2D eigenvalue weighted by atomic mass is 79.9. The van der Waals surface area contributed by atoms with E-state index in [1.54, 1.807) is 31.1 Å². The number of hydrogen-bond donors (Lipinski definition) is 2. The summed E-state index contributed by atoms with van der Waals surface area (Å²) in [6, 6.07) is 12.3. The van der Waals surface area contributed by atoms with Crippen molar-refractivity contribution in [1.82, 2.24) is 20.3 Å². The third-order valence-electron chi connectivity index (χ3n) is 4.28. The number of halogens is 1. The van der Waals surface area contributed by atoms with E-state index >= 15 is 0 Å². The van der Waals surface area contributed by atoms with Crippen LogP contribution >= 0.6 is 15.9 Å². The van der Waals surface area contributed by atoms with Crippen molar-refractivity contribution in [3.8, 4) is 0 Å². The summed E-state index contributed by atoms with van der Waals surface area (Å²) in [5, 5.41) is 26.1. The van der Waals surface area contributed by atoms with Crippen LogP contribution in [0.1, 0.15) is 5.56 Å². The molecule has 2 aromatic carbocycles. The Labute approximate surface area is 189 Å². The second-order valence-corrected chi connectivity index (χ2v) is 7.65. The Bertz CT molecular complexity index is 1310. The highest BCUT2D eigenvalue weighted by molar-refractivity contribution is 9.10. The zero-order valence-corrected chi connectivity index (χ0v) is 18.4. The van der Waals surface area contributed by atoms with Crippen LogP contribution in [0.3, 0.4) is 0 Å². The summed E-state index contributed by atoms with van der Waals surface area (Å²) in [6.45, 7) is 0. The van der Waals surface area contributed by atoms with Gasteiger partial charge in [0.15, 0.2) is 11.6 Å². The molecule has 0 aliphatic rings. The molecule has 0 radical (unpaired) electrons. The minimum atomic E-state index is -0.433. The minimum Gasteiger partial charge on any atom is -0.372 e. The van der Waals surface area contributed by atoms with E-state index in [1.165, 1.54) is 12.3 Å². The van der Waals surface area contributed by atoms with Gasteiger partial charge in [-0.2, -0.15) is 10.1 Å². The fraction of sp³-hybridized carbons (Fsp3) is 0.105. The average Bonchev–Trinajstić information content (AvgIpc) is 3.22. The van der Waals surface area contributed by atoms with Gasteiger partial charge in [0, 0.05) is 35.9 Å². The summed E-state index contributed by atoms with van der Waals surface area (Å²) in [7, 11) is 3.48. The highest BCUT2D eigenvalue weighted by Crippen LogP contribution is 2.28. The first-order chi connectivity index (χ1) is 15.4. The predicted molar refractivity (Wildman–Crippen MR) is 123 cm³/mol. The number of hydrazone groups is 1. The monoisotopic (exact) mass is 497 g/mol. The van der Waals surface area contributed by atoms with Gasteiger partial charge in [-0.05, 0) is 40.6 Å². The Kier molecular flexibility index (Phi) is 5.89. The molecule has 4 rings (SSSR count). The number of nitro benzene ring substituents is 1. The van der Waals surface area contributed by atoms with E-state index in [2.05, 4.69) is 56.7 Å². The quantitative estimate of drug-likeness (QED) is 0.218. The second kappa shape index (κ2) is 8.93. The Balaban J connectivity index is 1.61. The van der Waals surface area contributed by atoms with Crippen LogP contribution in [-0.2, 0) is 0 Å². The van der Waals surface area contributed by atoms with Gasteiger partial charge in [0.25, 0.3) is 5.69 Å². The molecular weight excluding hydrogens is 482 g/mol. The SMILES string of the molecule is CN(C)c1ccc(C=NNc2nc3nonc3nc2Nc2ccc(Br)cc2)cc1[N+](=O)[O-]. The molecule has 2 aromatic heterocycles. The van der Waals surface area contributed by atoms with Crippen LogP contribution in [0.4, 0.5) is 28.7 Å². The smallest absolute Gasteiger partial charge is 0.293 e. The third kappa shape index (κ3) is 4.62. The summed E-state index contributed by atoms with van der Waals surface area (Å²) in [6.07, 6.45) is 1.45. The van der Waals surface area contributed by atoms with Crippen molar-refractivity contribution < 1.29 is 9.55 Å². The van der Waals surface area contributed by atoms with Crippen molar-refractivity contribution in [2.45, 2.75) is 0 Å². The fourth-order valence-electron chi connectivity index (χ4n) is 2.79. The maximum atomic E-state index is 11.4. The summed E-state index contributed by atoms with van der Waals surface area (Å²) in [5.74, 6) is 0.619. The number of anilines is 4. The first-order valence-corrected chi connectivity index (χ1v) is 9.98. The number of benzene rings is 2. The molecule has 0 unspecified atom stereocenters. The maximum absolute atomic E-state index is 11.4. The first-order valence-electron chi connectivity index (χ1n) is 9.18. The van der Waals surface area contributed by atoms with Crippen molar-refractivity contribution in [1.29, 1.82) is 0 Å². The summed E-state index contributed by atoms with van der Waals surface area (Å²) in [5.41, 5.74) is 5.01. The maximum Gasteiger partial charge on any atom is 0.293 e. The van der Waals surface area contributed by atoms with Crippen molar-refractivity contribution in [2.24, 2.45) is 5.10 Å².